The van der Waals surface area contributed by atoms with E-state index in [1.54, 1.807) is 0 Å². The van der Waals surface area contributed by atoms with Gasteiger partial charge in [0.15, 0.2) is 0 Å². The number of carbonyl (C=O) groups excluding carboxylic acids is 1. The maximum Gasteiger partial charge on any atom is 0.318 e. The second kappa shape index (κ2) is 10.3. The summed E-state index contributed by atoms with van der Waals surface area (Å²) >= 11 is 0. The van der Waals surface area contributed by atoms with Crippen LogP contribution in [0.2, 0.25) is 0 Å². The van der Waals surface area contributed by atoms with Gasteiger partial charge in [0, 0.05) is 23.7 Å². The number of aromatic nitrogens is 1. The smallest absolute Gasteiger partial charge is 0.318 e. The van der Waals surface area contributed by atoms with Crippen LogP contribution in [0, 0.1) is 11.8 Å². The van der Waals surface area contributed by atoms with Crippen molar-refractivity contribution >= 4 is 16.9 Å². The monoisotopic (exact) mass is 488 g/mol. The van der Waals surface area contributed by atoms with Gasteiger partial charge in [0.2, 0.25) is 0 Å². The van der Waals surface area contributed by atoms with Crippen molar-refractivity contribution in [2.24, 2.45) is 11.8 Å². The van der Waals surface area contributed by atoms with Crippen molar-refractivity contribution in [3.05, 3.63) is 127 Å². The van der Waals surface area contributed by atoms with Crippen molar-refractivity contribution in [1.82, 2.24) is 9.88 Å². The number of esters is 1. The van der Waals surface area contributed by atoms with Crippen LogP contribution < -0.4 is 0 Å². The topological polar surface area (TPSA) is 42.4 Å². The first-order valence-electron chi connectivity index (χ1n) is 13.2. The fourth-order valence-corrected chi connectivity index (χ4v) is 6.36. The first-order valence-corrected chi connectivity index (χ1v) is 13.2. The van der Waals surface area contributed by atoms with Gasteiger partial charge in [-0.2, -0.15) is 0 Å². The lowest BCUT2D eigenvalue weighted by Gasteiger charge is -2.51. The lowest BCUT2D eigenvalue weighted by atomic mass is 9.73. The van der Waals surface area contributed by atoms with Gasteiger partial charge in [-0.3, -0.25) is 14.7 Å². The molecule has 3 aliphatic rings. The standard InChI is InChI=1S/C33H32N2O2/c1-2-23-22-35-20-18-26(23)21-30(35)32(28-17-19-34-29-16-10-9-15-27(28)29)37-33(36)31(24-11-5-3-6-12-24)25-13-7-4-8-14-25/h2-17,19,23,26,30-32H,1,18,20-22H2/t23-,26+,30+,32-/m0/s1. The molecule has 0 amide bonds. The number of ether oxygens (including phenoxy) is 1. The van der Waals surface area contributed by atoms with Crippen LogP contribution in [0.1, 0.15) is 41.6 Å². The maximum absolute atomic E-state index is 14.2. The molecule has 1 aromatic heterocycles. The number of rotatable bonds is 7. The summed E-state index contributed by atoms with van der Waals surface area (Å²) in [5.74, 6) is 0.360. The molecule has 0 aliphatic carbocycles. The summed E-state index contributed by atoms with van der Waals surface area (Å²) < 4.78 is 6.64. The zero-order valence-electron chi connectivity index (χ0n) is 20.9. The zero-order chi connectivity index (χ0) is 25.2. The highest BCUT2D eigenvalue weighted by atomic mass is 16.5. The summed E-state index contributed by atoms with van der Waals surface area (Å²) in [6.45, 7) is 6.08. The molecule has 0 N–H and O–H groups in total. The average Bonchev–Trinajstić information content (AvgIpc) is 2.97. The molecule has 4 nitrogen and oxygen atoms in total. The molecular formula is C33H32N2O2. The number of para-hydroxylation sites is 1. The highest BCUT2D eigenvalue weighted by Gasteiger charge is 2.44. The van der Waals surface area contributed by atoms with Crippen molar-refractivity contribution in [2.75, 3.05) is 13.1 Å². The number of hydrogen-bond acceptors (Lipinski definition) is 4. The van der Waals surface area contributed by atoms with Gasteiger partial charge in [0.25, 0.3) is 0 Å². The third-order valence-electron chi connectivity index (χ3n) is 8.24. The van der Waals surface area contributed by atoms with E-state index in [1.165, 1.54) is 6.42 Å². The number of pyridine rings is 1. The van der Waals surface area contributed by atoms with Gasteiger partial charge < -0.3 is 4.74 Å². The van der Waals surface area contributed by atoms with Gasteiger partial charge >= 0.3 is 5.97 Å². The SMILES string of the molecule is C=C[C@H]1CN2CC[C@@H]1C[C@@H]2[C@@H](OC(=O)C(c1ccccc1)c1ccccc1)c1ccnc2ccccc12. The molecule has 37 heavy (non-hydrogen) atoms. The van der Waals surface area contributed by atoms with E-state index in [0.29, 0.717) is 11.8 Å². The van der Waals surface area contributed by atoms with Gasteiger partial charge in [0.1, 0.15) is 12.0 Å². The van der Waals surface area contributed by atoms with Crippen molar-refractivity contribution < 1.29 is 9.53 Å². The number of benzene rings is 3. The molecule has 3 saturated heterocycles. The van der Waals surface area contributed by atoms with Crippen LogP contribution in [0.3, 0.4) is 0 Å². The molecule has 3 aliphatic heterocycles. The Labute approximate surface area is 218 Å². The van der Waals surface area contributed by atoms with E-state index in [-0.39, 0.29) is 18.1 Å². The number of nitrogens with zero attached hydrogens (tertiary/aromatic N) is 2. The van der Waals surface area contributed by atoms with Crippen LogP contribution in [-0.4, -0.2) is 35.0 Å². The van der Waals surface area contributed by atoms with Crippen LogP contribution in [0.25, 0.3) is 10.9 Å². The molecule has 3 aromatic carbocycles. The van der Waals surface area contributed by atoms with Gasteiger partial charge in [-0.1, -0.05) is 84.9 Å². The first-order chi connectivity index (χ1) is 18.2. The predicted molar refractivity (Wildman–Crippen MR) is 147 cm³/mol. The van der Waals surface area contributed by atoms with Crippen molar-refractivity contribution in [1.29, 1.82) is 0 Å². The Hall–Kier alpha value is -3.76. The first kappa shape index (κ1) is 23.6. The molecular weight excluding hydrogens is 456 g/mol. The second-order valence-corrected chi connectivity index (χ2v) is 10.3. The van der Waals surface area contributed by atoms with Crippen LogP contribution in [0.4, 0.5) is 0 Å². The van der Waals surface area contributed by atoms with E-state index in [2.05, 4.69) is 28.6 Å². The third-order valence-corrected chi connectivity index (χ3v) is 8.24. The fraction of sp³-hybridized carbons (Fsp3) is 0.273. The highest BCUT2D eigenvalue weighted by Crippen LogP contribution is 2.44. The summed E-state index contributed by atoms with van der Waals surface area (Å²) in [5, 5.41) is 1.04. The average molecular weight is 489 g/mol. The Morgan fingerprint density at radius 2 is 1.62 bits per heavy atom. The molecule has 0 saturated carbocycles. The number of hydrogen-bond donors (Lipinski definition) is 0. The number of piperidine rings is 3. The molecule has 7 rings (SSSR count). The quantitative estimate of drug-likeness (QED) is 0.219. The molecule has 0 radical (unpaired) electrons. The summed E-state index contributed by atoms with van der Waals surface area (Å²) in [6.07, 6.45) is 5.72. The minimum Gasteiger partial charge on any atom is -0.455 e. The van der Waals surface area contributed by atoms with E-state index < -0.39 is 5.92 Å². The minimum absolute atomic E-state index is 0.122. The number of fused-ring (bicyclic) bond motifs is 4. The van der Waals surface area contributed by atoms with Gasteiger partial charge in [-0.25, -0.2) is 0 Å². The Morgan fingerprint density at radius 3 is 2.27 bits per heavy atom. The normalized spacial score (nSPS) is 23.6. The lowest BCUT2D eigenvalue weighted by molar-refractivity contribution is -0.158. The van der Waals surface area contributed by atoms with Crippen molar-refractivity contribution in [3.63, 3.8) is 0 Å². The van der Waals surface area contributed by atoms with E-state index >= 15 is 0 Å². The Morgan fingerprint density at radius 1 is 0.946 bits per heavy atom. The third kappa shape index (κ3) is 4.58. The summed E-state index contributed by atoms with van der Waals surface area (Å²) in [6, 6.07) is 30.2. The molecule has 1 unspecified atom stereocenters. The van der Waals surface area contributed by atoms with E-state index in [0.717, 1.165) is 47.1 Å². The van der Waals surface area contributed by atoms with Gasteiger partial charge in [-0.05, 0) is 54.5 Å². The zero-order valence-corrected chi connectivity index (χ0v) is 20.9. The van der Waals surface area contributed by atoms with E-state index in [1.807, 2.05) is 91.1 Å². The van der Waals surface area contributed by atoms with E-state index in [9.17, 15) is 4.79 Å². The molecule has 4 heterocycles. The molecule has 2 bridgehead atoms. The van der Waals surface area contributed by atoms with Crippen LogP contribution in [0.5, 0.6) is 0 Å². The van der Waals surface area contributed by atoms with Gasteiger partial charge in [0.05, 0.1) is 11.6 Å². The lowest BCUT2D eigenvalue weighted by Crippen LogP contribution is -2.55. The van der Waals surface area contributed by atoms with Crippen molar-refractivity contribution in [2.45, 2.75) is 30.9 Å². The molecule has 5 atom stereocenters. The summed E-state index contributed by atoms with van der Waals surface area (Å²) in [7, 11) is 0. The second-order valence-electron chi connectivity index (χ2n) is 10.3. The Bertz CT molecular complexity index is 1340. The van der Waals surface area contributed by atoms with Crippen LogP contribution in [0.15, 0.2) is 110 Å². The fourth-order valence-electron chi connectivity index (χ4n) is 6.36. The van der Waals surface area contributed by atoms with Gasteiger partial charge in [-0.15, -0.1) is 6.58 Å². The molecule has 186 valence electrons. The van der Waals surface area contributed by atoms with Crippen LogP contribution in [-0.2, 0) is 9.53 Å². The minimum atomic E-state index is -0.491. The van der Waals surface area contributed by atoms with E-state index in [4.69, 9.17) is 4.74 Å². The van der Waals surface area contributed by atoms with Crippen LogP contribution >= 0.6 is 0 Å². The molecule has 3 fully saturated rings. The molecule has 4 aromatic rings. The highest BCUT2D eigenvalue weighted by molar-refractivity contribution is 5.85. The Balaban J connectivity index is 1.41. The number of carbonyl (C=O) groups is 1. The maximum atomic E-state index is 14.2. The molecule has 0 spiro atoms. The predicted octanol–water partition coefficient (Wildman–Crippen LogP) is 6.55. The molecule has 4 heteroatoms. The Kier molecular flexibility index (Phi) is 6.58. The summed E-state index contributed by atoms with van der Waals surface area (Å²) in [5.41, 5.74) is 3.83. The van der Waals surface area contributed by atoms with Crippen molar-refractivity contribution in [3.8, 4) is 0 Å². The summed E-state index contributed by atoms with van der Waals surface area (Å²) in [4.78, 5) is 21.3. The largest absolute Gasteiger partial charge is 0.455 e.